The number of fused-ring (bicyclic) bond motifs is 4. The minimum Gasteiger partial charge on any atom is -0.347 e. The highest BCUT2D eigenvalue weighted by molar-refractivity contribution is 8.05. The highest BCUT2D eigenvalue weighted by Crippen LogP contribution is 2.50. The minimum atomic E-state index is -0.299. The van der Waals surface area contributed by atoms with Crippen molar-refractivity contribution in [2.75, 3.05) is 19.0 Å². The summed E-state index contributed by atoms with van der Waals surface area (Å²) in [6, 6.07) is 37.1. The van der Waals surface area contributed by atoms with Gasteiger partial charge in [-0.1, -0.05) is 184 Å². The van der Waals surface area contributed by atoms with Crippen LogP contribution in [-0.4, -0.2) is 30.0 Å². The van der Waals surface area contributed by atoms with Crippen LogP contribution in [0.2, 0.25) is 0 Å². The number of hydrogen-bond donors (Lipinski definition) is 0. The van der Waals surface area contributed by atoms with Crippen molar-refractivity contribution in [2.24, 2.45) is 4.99 Å². The van der Waals surface area contributed by atoms with E-state index in [1.807, 2.05) is 13.1 Å². The van der Waals surface area contributed by atoms with E-state index in [0.29, 0.717) is 0 Å². The van der Waals surface area contributed by atoms with Crippen molar-refractivity contribution in [3.63, 3.8) is 0 Å². The molecule has 0 fully saturated rings. The van der Waals surface area contributed by atoms with E-state index >= 15 is 0 Å². The van der Waals surface area contributed by atoms with Gasteiger partial charge in [0.25, 0.3) is 0 Å². The van der Waals surface area contributed by atoms with Crippen molar-refractivity contribution in [3.8, 4) is 0 Å². The Morgan fingerprint density at radius 1 is 0.862 bits per heavy atom. The summed E-state index contributed by atoms with van der Waals surface area (Å²) in [6.07, 6.45) is 14.3. The Hall–Kier alpha value is -4.95. The number of rotatable bonds is 11. The quantitative estimate of drug-likeness (QED) is 0.0962. The first kappa shape index (κ1) is 39.9. The van der Waals surface area contributed by atoms with Crippen LogP contribution in [-0.2, 0) is 16.6 Å². The minimum absolute atomic E-state index is 0.159. The van der Waals surface area contributed by atoms with Crippen LogP contribution in [0.3, 0.4) is 0 Å². The largest absolute Gasteiger partial charge is 0.347 e. The molecule has 8 rings (SSSR count). The average Bonchev–Trinajstić information content (AvgIpc) is 3.77. The molecule has 1 aliphatic carbocycles. The van der Waals surface area contributed by atoms with Gasteiger partial charge in [0.05, 0.1) is 0 Å². The van der Waals surface area contributed by atoms with E-state index in [1.54, 1.807) is 34.9 Å². The van der Waals surface area contributed by atoms with E-state index in [4.69, 9.17) is 10.1 Å². The van der Waals surface area contributed by atoms with Crippen molar-refractivity contribution in [2.45, 2.75) is 72.2 Å². The number of anilines is 1. The first-order valence-corrected chi connectivity index (χ1v) is 22.6. The van der Waals surface area contributed by atoms with Crippen LogP contribution in [0.15, 0.2) is 169 Å². The lowest BCUT2D eigenvalue weighted by Gasteiger charge is -2.28. The maximum atomic E-state index is 4.91. The highest BCUT2D eigenvalue weighted by Gasteiger charge is 2.39. The van der Waals surface area contributed by atoms with Gasteiger partial charge in [-0.15, -0.1) is 10.2 Å². The molecular weight excluding hydrogens is 765 g/mol. The summed E-state index contributed by atoms with van der Waals surface area (Å²) in [5, 5.41) is 14.5. The lowest BCUT2D eigenvalue weighted by Crippen LogP contribution is -2.28. The summed E-state index contributed by atoms with van der Waals surface area (Å²) in [5.74, 6) is 0.846. The highest BCUT2D eigenvalue weighted by atomic mass is 32.2. The summed E-state index contributed by atoms with van der Waals surface area (Å²) in [4.78, 5) is 8.57. The Morgan fingerprint density at radius 3 is 2.33 bits per heavy atom. The normalized spacial score (nSPS) is 17.3. The Labute approximate surface area is 356 Å². The Morgan fingerprint density at radius 2 is 1.57 bits per heavy atom. The van der Waals surface area contributed by atoms with E-state index < -0.39 is 0 Å². The number of aromatic nitrogens is 2. The van der Waals surface area contributed by atoms with Crippen molar-refractivity contribution >= 4 is 73.9 Å². The number of nitrogens with zero attached hydrogens (tertiary/aromatic N) is 4. The van der Waals surface area contributed by atoms with Crippen molar-refractivity contribution < 1.29 is 0 Å². The summed E-state index contributed by atoms with van der Waals surface area (Å²) < 4.78 is 1.94. The zero-order valence-corrected chi connectivity index (χ0v) is 36.7. The summed E-state index contributed by atoms with van der Waals surface area (Å²) in [6.45, 7) is 13.2. The van der Waals surface area contributed by atoms with E-state index in [2.05, 4.69) is 179 Å². The predicted octanol–water partition coefficient (Wildman–Crippen LogP) is 14.2. The van der Waals surface area contributed by atoms with Crippen molar-refractivity contribution in [1.29, 1.82) is 0 Å². The van der Waals surface area contributed by atoms with Crippen LogP contribution in [0, 0.1) is 0 Å². The van der Waals surface area contributed by atoms with E-state index in [-0.39, 0.29) is 10.8 Å². The SMILES string of the molecule is C=Cc1ccc(CSc2nnc(SC3=C(/C=C/C(=NC)C(C)(C)c4cccc5ccccc45)CCC/C3=C\C=C3\N(C)c4ccc5ccccc5c4C3(C)C)s2)cc1. The molecule has 58 heavy (non-hydrogen) atoms. The van der Waals surface area contributed by atoms with Crippen LogP contribution < -0.4 is 4.90 Å². The fourth-order valence-electron chi connectivity index (χ4n) is 8.65. The summed E-state index contributed by atoms with van der Waals surface area (Å²) >= 11 is 5.19. The molecule has 2 heterocycles. The second kappa shape index (κ2) is 16.7. The van der Waals surface area contributed by atoms with Gasteiger partial charge in [0.2, 0.25) is 0 Å². The van der Waals surface area contributed by atoms with Gasteiger partial charge in [0.15, 0.2) is 8.68 Å². The zero-order valence-electron chi connectivity index (χ0n) is 34.3. The number of thioether (sulfide) groups is 2. The van der Waals surface area contributed by atoms with Gasteiger partial charge in [-0.25, -0.2) is 0 Å². The molecule has 0 spiro atoms. The first-order chi connectivity index (χ1) is 28.1. The number of benzene rings is 5. The third-order valence-corrected chi connectivity index (χ3v) is 15.2. The molecule has 0 unspecified atom stereocenters. The van der Waals surface area contributed by atoms with Crippen molar-refractivity contribution in [3.05, 3.63) is 178 Å². The Kier molecular flexibility index (Phi) is 11.5. The van der Waals surface area contributed by atoms with E-state index in [9.17, 15) is 0 Å². The maximum Gasteiger partial charge on any atom is 0.179 e. The van der Waals surface area contributed by atoms with Gasteiger partial charge in [0.1, 0.15) is 0 Å². The van der Waals surface area contributed by atoms with Crippen LogP contribution in [0.1, 0.15) is 69.2 Å². The molecule has 4 nitrogen and oxygen atoms in total. The number of allylic oxidation sites excluding steroid dienone is 7. The average molecular weight is 815 g/mol. The second-order valence-electron chi connectivity index (χ2n) is 16.1. The van der Waals surface area contributed by atoms with Gasteiger partial charge in [-0.05, 0) is 92.4 Å². The van der Waals surface area contributed by atoms with Gasteiger partial charge in [-0.3, -0.25) is 4.99 Å². The molecule has 0 atom stereocenters. The monoisotopic (exact) mass is 814 g/mol. The molecule has 6 aromatic rings. The number of likely N-dealkylation sites (N-methyl/N-ethyl adjacent to an activating group) is 1. The molecule has 0 saturated heterocycles. The summed E-state index contributed by atoms with van der Waals surface area (Å²) in [5.41, 5.74) is 10.9. The van der Waals surface area contributed by atoms with Gasteiger partial charge in [0, 0.05) is 52.7 Å². The summed E-state index contributed by atoms with van der Waals surface area (Å²) in [7, 11) is 4.13. The smallest absolute Gasteiger partial charge is 0.179 e. The lowest BCUT2D eigenvalue weighted by molar-refractivity contribution is 0.645. The standard InChI is InChI=1S/C51H50N4S3/c1-8-34-23-25-35(26-24-34)33-56-48-53-54-49(58-48)57-47-38(28-31-44(52-6)50(2,3)42-22-14-17-36-15-9-11-20-40(36)42)18-13-19-39(47)29-32-45-51(4,5)46-41-21-12-10-16-37(41)27-30-43(46)55(45)7/h8-12,14-17,20-32H,1,13,18-19,33H2,2-7H3/b31-28+,39-29+,45-32+,52-44?. The molecule has 292 valence electrons. The van der Waals surface area contributed by atoms with Gasteiger partial charge >= 0.3 is 0 Å². The molecule has 0 bridgehead atoms. The van der Waals surface area contributed by atoms with Crippen LogP contribution >= 0.6 is 34.9 Å². The fraction of sp³-hybridized carbons (Fsp3) is 0.235. The Bertz CT molecular complexity index is 2670. The molecule has 1 aromatic heterocycles. The number of hydrogen-bond acceptors (Lipinski definition) is 7. The molecule has 5 aromatic carbocycles. The first-order valence-electron chi connectivity index (χ1n) is 20.0. The molecule has 0 amide bonds. The van der Waals surface area contributed by atoms with E-state index in [1.165, 1.54) is 65.7 Å². The zero-order chi connectivity index (χ0) is 40.4. The van der Waals surface area contributed by atoms with Gasteiger partial charge < -0.3 is 4.90 Å². The van der Waals surface area contributed by atoms with Crippen molar-refractivity contribution in [1.82, 2.24) is 10.2 Å². The Balaban J connectivity index is 1.15. The lowest BCUT2D eigenvalue weighted by atomic mass is 9.77. The molecule has 0 saturated carbocycles. The maximum absolute atomic E-state index is 4.91. The predicted molar refractivity (Wildman–Crippen MR) is 254 cm³/mol. The van der Waals surface area contributed by atoms with Crippen LogP contribution in [0.4, 0.5) is 5.69 Å². The molecule has 1 aliphatic heterocycles. The second-order valence-corrected chi connectivity index (χ2v) is 19.5. The molecule has 2 aliphatic rings. The third-order valence-electron chi connectivity index (χ3n) is 11.8. The van der Waals surface area contributed by atoms with Crippen LogP contribution in [0.25, 0.3) is 27.6 Å². The molecular formula is C51H50N4S3. The number of aliphatic imine (C=N–C) groups is 1. The topological polar surface area (TPSA) is 41.4 Å². The molecule has 0 N–H and O–H groups in total. The molecule has 7 heteroatoms. The van der Waals surface area contributed by atoms with E-state index in [0.717, 1.165) is 45.0 Å². The van der Waals surface area contributed by atoms with Crippen LogP contribution in [0.5, 0.6) is 0 Å². The molecule has 0 radical (unpaired) electrons. The van der Waals surface area contributed by atoms with Gasteiger partial charge in [-0.2, -0.15) is 0 Å². The third kappa shape index (κ3) is 7.80. The fourth-order valence-corrected chi connectivity index (χ4v) is 11.9.